The van der Waals surface area contributed by atoms with Crippen molar-refractivity contribution in [1.29, 1.82) is 0 Å². The van der Waals surface area contributed by atoms with Crippen molar-refractivity contribution in [1.82, 2.24) is 4.98 Å². The van der Waals surface area contributed by atoms with Crippen LogP contribution >= 0.6 is 11.6 Å². The molecule has 1 N–H and O–H groups in total. The number of rotatable bonds is 1. The lowest BCUT2D eigenvalue weighted by atomic mass is 10.2. The Morgan fingerprint density at radius 2 is 2.33 bits per heavy atom. The Balaban J connectivity index is 3.04. The lowest BCUT2D eigenvalue weighted by Crippen LogP contribution is -1.80. The topological polar surface area (TPSA) is 15.8 Å². The number of halogens is 1. The fourth-order valence-electron chi connectivity index (χ4n) is 0.878. The normalized spacial score (nSPS) is 10.1. The van der Waals surface area contributed by atoms with Gasteiger partial charge in [0.25, 0.3) is 0 Å². The Labute approximate surface area is 60.0 Å². The molecule has 0 saturated carbocycles. The first-order chi connectivity index (χ1) is 4.25. The van der Waals surface area contributed by atoms with Crippen LogP contribution in [0.2, 0.25) is 5.02 Å². The zero-order valence-corrected chi connectivity index (χ0v) is 6.42. The van der Waals surface area contributed by atoms with E-state index in [1.807, 2.05) is 13.1 Å². The van der Waals surface area contributed by atoms with Gasteiger partial charge in [-0.05, 0) is 18.9 Å². The largest absolute Gasteiger partial charge is 0.363 e. The smallest absolute Gasteiger partial charge is 0.0612 e. The van der Waals surface area contributed by atoms with Gasteiger partial charge in [-0.15, -0.1) is 0 Å². The Morgan fingerprint density at radius 3 is 2.56 bits per heavy atom. The summed E-state index contributed by atoms with van der Waals surface area (Å²) in [5, 5.41) is 0.840. The third kappa shape index (κ3) is 1.11. The average molecular weight is 144 g/mol. The lowest BCUT2D eigenvalue weighted by molar-refractivity contribution is 1.04. The van der Waals surface area contributed by atoms with Crippen LogP contribution in [0.4, 0.5) is 0 Å². The molecule has 1 heterocycles. The quantitative estimate of drug-likeness (QED) is 0.622. The van der Waals surface area contributed by atoms with Crippen molar-refractivity contribution in [3.8, 4) is 0 Å². The first-order valence-corrected chi connectivity index (χ1v) is 3.45. The van der Waals surface area contributed by atoms with Gasteiger partial charge in [-0.25, -0.2) is 0 Å². The minimum absolute atomic E-state index is 0.840. The van der Waals surface area contributed by atoms with Crippen LogP contribution < -0.4 is 0 Å². The molecule has 0 saturated heterocycles. The van der Waals surface area contributed by atoms with Gasteiger partial charge >= 0.3 is 0 Å². The van der Waals surface area contributed by atoms with Gasteiger partial charge < -0.3 is 4.98 Å². The van der Waals surface area contributed by atoms with Crippen molar-refractivity contribution in [3.63, 3.8) is 0 Å². The van der Waals surface area contributed by atoms with E-state index in [1.54, 1.807) is 0 Å². The van der Waals surface area contributed by atoms with E-state index in [0.717, 1.165) is 11.4 Å². The summed E-state index contributed by atoms with van der Waals surface area (Å²) < 4.78 is 0. The summed E-state index contributed by atoms with van der Waals surface area (Å²) in [6.45, 7) is 4.13. The third-order valence-corrected chi connectivity index (χ3v) is 1.93. The van der Waals surface area contributed by atoms with Crippen molar-refractivity contribution in [2.45, 2.75) is 20.3 Å². The van der Waals surface area contributed by atoms with Crippen LogP contribution in [0.1, 0.15) is 18.2 Å². The average Bonchev–Trinajstić information content (AvgIpc) is 2.15. The van der Waals surface area contributed by atoms with Gasteiger partial charge in [0, 0.05) is 11.9 Å². The Hall–Kier alpha value is -0.430. The van der Waals surface area contributed by atoms with E-state index in [1.165, 1.54) is 11.3 Å². The van der Waals surface area contributed by atoms with Gasteiger partial charge in [0.2, 0.25) is 0 Å². The van der Waals surface area contributed by atoms with Crippen molar-refractivity contribution >= 4 is 11.6 Å². The Morgan fingerprint density at radius 1 is 1.67 bits per heavy atom. The van der Waals surface area contributed by atoms with Crippen molar-refractivity contribution in [2.75, 3.05) is 0 Å². The number of aromatic amines is 1. The van der Waals surface area contributed by atoms with E-state index in [-0.39, 0.29) is 0 Å². The fraction of sp³-hybridized carbons (Fsp3) is 0.429. The Kier molecular flexibility index (Phi) is 1.81. The molecule has 50 valence electrons. The highest BCUT2D eigenvalue weighted by Gasteiger charge is 2.00. The van der Waals surface area contributed by atoms with Crippen LogP contribution in [-0.2, 0) is 6.42 Å². The maximum atomic E-state index is 5.78. The molecule has 0 radical (unpaired) electrons. The summed E-state index contributed by atoms with van der Waals surface area (Å²) in [6, 6.07) is 0. The minimum Gasteiger partial charge on any atom is -0.363 e. The maximum Gasteiger partial charge on any atom is 0.0612 e. The molecule has 0 spiro atoms. The fourth-order valence-corrected chi connectivity index (χ4v) is 1.05. The van der Waals surface area contributed by atoms with Gasteiger partial charge in [0.1, 0.15) is 0 Å². The highest BCUT2D eigenvalue weighted by atomic mass is 35.5. The van der Waals surface area contributed by atoms with E-state index in [4.69, 9.17) is 11.6 Å². The second-order valence-corrected chi connectivity index (χ2v) is 2.50. The van der Waals surface area contributed by atoms with Gasteiger partial charge in [0.15, 0.2) is 0 Å². The van der Waals surface area contributed by atoms with E-state index >= 15 is 0 Å². The predicted molar refractivity (Wildman–Crippen MR) is 39.9 cm³/mol. The summed E-state index contributed by atoms with van der Waals surface area (Å²) in [5.74, 6) is 0. The number of H-pyrrole nitrogens is 1. The molecule has 0 amide bonds. The van der Waals surface area contributed by atoms with Gasteiger partial charge in [-0.2, -0.15) is 0 Å². The predicted octanol–water partition coefficient (Wildman–Crippen LogP) is 2.54. The molecular weight excluding hydrogens is 134 g/mol. The molecule has 0 atom stereocenters. The maximum absolute atomic E-state index is 5.78. The summed E-state index contributed by atoms with van der Waals surface area (Å²) in [6.07, 6.45) is 2.86. The van der Waals surface area contributed by atoms with Crippen molar-refractivity contribution < 1.29 is 0 Å². The third-order valence-electron chi connectivity index (χ3n) is 1.54. The molecule has 1 aromatic heterocycles. The highest BCUT2D eigenvalue weighted by Crippen LogP contribution is 2.17. The molecule has 9 heavy (non-hydrogen) atoms. The molecule has 0 aliphatic rings. The first-order valence-electron chi connectivity index (χ1n) is 3.08. The second kappa shape index (κ2) is 2.44. The molecule has 0 fully saturated rings. The van der Waals surface area contributed by atoms with E-state index < -0.39 is 0 Å². The van der Waals surface area contributed by atoms with Gasteiger partial charge in [-0.3, -0.25) is 0 Å². The summed E-state index contributed by atoms with van der Waals surface area (Å²) in [5.41, 5.74) is 2.42. The molecule has 0 unspecified atom stereocenters. The second-order valence-electron chi connectivity index (χ2n) is 2.09. The van der Waals surface area contributed by atoms with Gasteiger partial charge in [0.05, 0.1) is 5.02 Å². The molecule has 0 aliphatic carbocycles. The summed E-state index contributed by atoms with van der Waals surface area (Å²) in [4.78, 5) is 3.09. The molecular formula is C7H10ClN. The minimum atomic E-state index is 0.840. The van der Waals surface area contributed by atoms with Crippen molar-refractivity contribution in [2.24, 2.45) is 0 Å². The Bertz CT molecular complexity index is 203. The number of nitrogens with one attached hydrogen (secondary N) is 1. The van der Waals surface area contributed by atoms with E-state index in [9.17, 15) is 0 Å². The molecule has 1 nitrogen and oxygen atoms in total. The summed E-state index contributed by atoms with van der Waals surface area (Å²) >= 11 is 5.78. The van der Waals surface area contributed by atoms with Crippen molar-refractivity contribution in [3.05, 3.63) is 22.5 Å². The van der Waals surface area contributed by atoms with E-state index in [2.05, 4.69) is 11.9 Å². The van der Waals surface area contributed by atoms with Gasteiger partial charge in [-0.1, -0.05) is 18.5 Å². The van der Waals surface area contributed by atoms with Crippen LogP contribution in [0, 0.1) is 6.92 Å². The molecule has 1 aromatic rings. The van der Waals surface area contributed by atoms with Crippen LogP contribution in [-0.4, -0.2) is 4.98 Å². The standard InChI is InChI=1S/C7H10ClN/c1-3-7-5(2)6(8)4-9-7/h4,9H,3H2,1-2H3. The first kappa shape index (κ1) is 6.69. The molecule has 0 aromatic carbocycles. The summed E-state index contributed by atoms with van der Waals surface area (Å²) in [7, 11) is 0. The molecule has 1 rings (SSSR count). The molecule has 2 heteroatoms. The van der Waals surface area contributed by atoms with E-state index in [0.29, 0.717) is 0 Å². The van der Waals surface area contributed by atoms with Crippen LogP contribution in [0.5, 0.6) is 0 Å². The van der Waals surface area contributed by atoms with Crippen LogP contribution in [0.25, 0.3) is 0 Å². The SMILES string of the molecule is CCc1[nH]cc(Cl)c1C. The highest BCUT2D eigenvalue weighted by molar-refractivity contribution is 6.31. The monoisotopic (exact) mass is 143 g/mol. The molecule has 0 aliphatic heterocycles. The van der Waals surface area contributed by atoms with Crippen LogP contribution in [0.15, 0.2) is 6.20 Å². The number of hydrogen-bond acceptors (Lipinski definition) is 0. The zero-order chi connectivity index (χ0) is 6.85. The number of aryl methyl sites for hydroxylation is 1. The number of aromatic nitrogens is 1. The lowest BCUT2D eigenvalue weighted by Gasteiger charge is -1.90. The zero-order valence-electron chi connectivity index (χ0n) is 5.66. The number of hydrogen-bond donors (Lipinski definition) is 1. The van der Waals surface area contributed by atoms with Crippen LogP contribution in [0.3, 0.4) is 0 Å². The molecule has 0 bridgehead atoms.